The van der Waals surface area contributed by atoms with E-state index in [1.165, 1.54) is 0 Å². The average molecular weight is 332 g/mol. The third-order valence-electron chi connectivity index (χ3n) is 4.18. The first-order chi connectivity index (χ1) is 11.7. The maximum atomic E-state index is 12.2. The summed E-state index contributed by atoms with van der Waals surface area (Å²) in [5, 5.41) is 5.76. The first kappa shape index (κ1) is 18.5. The molecule has 2 N–H and O–H groups in total. The van der Waals surface area contributed by atoms with E-state index >= 15 is 0 Å². The standard InChI is InChI=1S/C19H28N2O3/c1-2-3-4-5-11-18(22)21-16-9-6-8-15(13-16)19(23)20-14-17-10-7-12-24-17/h6,8-9,13,17H,2-5,7,10-12,14H2,1H3,(H,20,23)(H,21,22). The number of ether oxygens (including phenoxy) is 1. The van der Waals surface area contributed by atoms with Crippen LogP contribution in [0.2, 0.25) is 0 Å². The molecule has 24 heavy (non-hydrogen) atoms. The van der Waals surface area contributed by atoms with Gasteiger partial charge in [0.05, 0.1) is 6.10 Å². The van der Waals surface area contributed by atoms with Crippen molar-refractivity contribution in [3.63, 3.8) is 0 Å². The van der Waals surface area contributed by atoms with Crippen LogP contribution in [0, 0.1) is 0 Å². The van der Waals surface area contributed by atoms with Crippen molar-refractivity contribution in [3.8, 4) is 0 Å². The van der Waals surface area contributed by atoms with Crippen LogP contribution in [0.15, 0.2) is 24.3 Å². The molecule has 1 fully saturated rings. The highest BCUT2D eigenvalue weighted by Gasteiger charge is 2.16. The fraction of sp³-hybridized carbons (Fsp3) is 0.579. The summed E-state index contributed by atoms with van der Waals surface area (Å²) in [4.78, 5) is 24.1. The van der Waals surface area contributed by atoms with E-state index in [9.17, 15) is 9.59 Å². The van der Waals surface area contributed by atoms with Crippen LogP contribution in [-0.2, 0) is 9.53 Å². The first-order valence-electron chi connectivity index (χ1n) is 8.98. The summed E-state index contributed by atoms with van der Waals surface area (Å²) in [5.41, 5.74) is 1.22. The summed E-state index contributed by atoms with van der Waals surface area (Å²) in [7, 11) is 0. The maximum absolute atomic E-state index is 12.2. The molecule has 1 aromatic carbocycles. The second kappa shape index (κ2) is 10.1. The molecule has 2 amide bonds. The minimum Gasteiger partial charge on any atom is -0.376 e. The number of anilines is 1. The van der Waals surface area contributed by atoms with E-state index in [1.54, 1.807) is 24.3 Å². The Bertz CT molecular complexity index is 539. The van der Waals surface area contributed by atoms with Gasteiger partial charge < -0.3 is 15.4 Å². The average Bonchev–Trinajstić information content (AvgIpc) is 3.10. The number of benzene rings is 1. The Morgan fingerprint density at radius 3 is 2.88 bits per heavy atom. The number of rotatable bonds is 9. The van der Waals surface area contributed by atoms with Crippen LogP contribution < -0.4 is 10.6 Å². The Balaban J connectivity index is 1.79. The number of nitrogens with one attached hydrogen (secondary N) is 2. The number of carbonyl (C=O) groups is 2. The topological polar surface area (TPSA) is 67.4 Å². The van der Waals surface area contributed by atoms with Crippen LogP contribution in [-0.4, -0.2) is 31.1 Å². The number of carbonyl (C=O) groups excluding carboxylic acids is 2. The lowest BCUT2D eigenvalue weighted by molar-refractivity contribution is -0.116. The molecule has 1 aliphatic rings. The van der Waals surface area contributed by atoms with Gasteiger partial charge in [-0.3, -0.25) is 9.59 Å². The Morgan fingerprint density at radius 2 is 2.12 bits per heavy atom. The van der Waals surface area contributed by atoms with Crippen molar-refractivity contribution in [2.45, 2.75) is 58.0 Å². The lowest BCUT2D eigenvalue weighted by atomic mass is 10.1. The predicted octanol–water partition coefficient (Wildman–Crippen LogP) is 3.50. The van der Waals surface area contributed by atoms with Gasteiger partial charge in [0.1, 0.15) is 0 Å². The third-order valence-corrected chi connectivity index (χ3v) is 4.18. The minimum atomic E-state index is -0.135. The molecule has 0 saturated carbocycles. The van der Waals surface area contributed by atoms with Gasteiger partial charge in [0.15, 0.2) is 0 Å². The molecule has 1 aliphatic heterocycles. The van der Waals surface area contributed by atoms with Gasteiger partial charge in [0.25, 0.3) is 5.91 Å². The van der Waals surface area contributed by atoms with Crippen molar-refractivity contribution in [1.29, 1.82) is 0 Å². The summed E-state index contributed by atoms with van der Waals surface area (Å²) in [5.74, 6) is -0.132. The van der Waals surface area contributed by atoms with Gasteiger partial charge in [-0.2, -0.15) is 0 Å². The molecule has 0 spiro atoms. The number of hydrogen-bond acceptors (Lipinski definition) is 3. The Labute approximate surface area is 144 Å². The van der Waals surface area contributed by atoms with E-state index in [0.29, 0.717) is 24.2 Å². The van der Waals surface area contributed by atoms with Crippen molar-refractivity contribution in [2.24, 2.45) is 0 Å². The van der Waals surface area contributed by atoms with E-state index in [0.717, 1.165) is 45.1 Å². The highest BCUT2D eigenvalue weighted by Crippen LogP contribution is 2.13. The van der Waals surface area contributed by atoms with Crippen LogP contribution in [0.4, 0.5) is 5.69 Å². The molecule has 1 saturated heterocycles. The van der Waals surface area contributed by atoms with E-state index in [-0.39, 0.29) is 17.9 Å². The van der Waals surface area contributed by atoms with Gasteiger partial charge in [-0.05, 0) is 37.5 Å². The SMILES string of the molecule is CCCCCCC(=O)Nc1cccc(C(=O)NCC2CCCO2)c1. The van der Waals surface area contributed by atoms with Gasteiger partial charge in [-0.25, -0.2) is 0 Å². The van der Waals surface area contributed by atoms with Crippen LogP contribution >= 0.6 is 0 Å². The molecule has 1 atom stereocenters. The predicted molar refractivity (Wildman–Crippen MR) is 95.1 cm³/mol. The zero-order valence-corrected chi connectivity index (χ0v) is 14.5. The fourth-order valence-corrected chi connectivity index (χ4v) is 2.79. The van der Waals surface area contributed by atoms with E-state index < -0.39 is 0 Å². The molecule has 1 aromatic rings. The van der Waals surface area contributed by atoms with E-state index in [2.05, 4.69) is 17.6 Å². The molecule has 1 unspecified atom stereocenters. The molecule has 132 valence electrons. The summed E-state index contributed by atoms with van der Waals surface area (Å²) >= 11 is 0. The van der Waals surface area contributed by atoms with Crippen molar-refractivity contribution in [2.75, 3.05) is 18.5 Å². The monoisotopic (exact) mass is 332 g/mol. The minimum absolute atomic E-state index is 0.00279. The van der Waals surface area contributed by atoms with Gasteiger partial charge in [0.2, 0.25) is 5.91 Å². The lowest BCUT2D eigenvalue weighted by Crippen LogP contribution is -2.31. The zero-order chi connectivity index (χ0) is 17.2. The molecule has 0 aliphatic carbocycles. The highest BCUT2D eigenvalue weighted by atomic mass is 16.5. The first-order valence-corrected chi connectivity index (χ1v) is 8.98. The highest BCUT2D eigenvalue weighted by molar-refractivity contribution is 5.97. The maximum Gasteiger partial charge on any atom is 0.251 e. The number of unbranched alkanes of at least 4 members (excludes halogenated alkanes) is 3. The summed E-state index contributed by atoms with van der Waals surface area (Å²) < 4.78 is 5.50. The molecule has 5 heteroatoms. The van der Waals surface area contributed by atoms with Gasteiger partial charge in [-0.1, -0.05) is 32.3 Å². The molecule has 1 heterocycles. The quantitative estimate of drug-likeness (QED) is 0.680. The Morgan fingerprint density at radius 1 is 1.25 bits per heavy atom. The largest absolute Gasteiger partial charge is 0.376 e. The molecular weight excluding hydrogens is 304 g/mol. The number of hydrogen-bond donors (Lipinski definition) is 2. The van der Waals surface area contributed by atoms with Gasteiger partial charge >= 0.3 is 0 Å². The summed E-state index contributed by atoms with van der Waals surface area (Å²) in [6.45, 7) is 3.46. The zero-order valence-electron chi connectivity index (χ0n) is 14.5. The lowest BCUT2D eigenvalue weighted by Gasteiger charge is -2.11. The molecule has 0 bridgehead atoms. The van der Waals surface area contributed by atoms with Crippen LogP contribution in [0.1, 0.15) is 62.2 Å². The molecule has 2 rings (SSSR count). The van der Waals surface area contributed by atoms with Crippen molar-refractivity contribution in [1.82, 2.24) is 5.32 Å². The van der Waals surface area contributed by atoms with Crippen LogP contribution in [0.3, 0.4) is 0 Å². The van der Waals surface area contributed by atoms with E-state index in [4.69, 9.17) is 4.74 Å². The van der Waals surface area contributed by atoms with Crippen molar-refractivity contribution in [3.05, 3.63) is 29.8 Å². The van der Waals surface area contributed by atoms with Crippen molar-refractivity contribution < 1.29 is 14.3 Å². The van der Waals surface area contributed by atoms with Crippen molar-refractivity contribution >= 4 is 17.5 Å². The number of amides is 2. The fourth-order valence-electron chi connectivity index (χ4n) is 2.79. The third kappa shape index (κ3) is 6.32. The summed E-state index contributed by atoms with van der Waals surface area (Å²) in [6, 6.07) is 7.06. The van der Waals surface area contributed by atoms with Gasteiger partial charge in [-0.15, -0.1) is 0 Å². The normalized spacial score (nSPS) is 16.8. The second-order valence-corrected chi connectivity index (χ2v) is 6.28. The Hall–Kier alpha value is -1.88. The molecule has 0 radical (unpaired) electrons. The second-order valence-electron chi connectivity index (χ2n) is 6.28. The molecule has 0 aromatic heterocycles. The summed E-state index contributed by atoms with van der Waals surface area (Å²) in [6.07, 6.45) is 7.00. The smallest absolute Gasteiger partial charge is 0.251 e. The Kier molecular flexibility index (Phi) is 7.75. The molecular formula is C19H28N2O3. The van der Waals surface area contributed by atoms with Crippen LogP contribution in [0.5, 0.6) is 0 Å². The van der Waals surface area contributed by atoms with Crippen LogP contribution in [0.25, 0.3) is 0 Å². The van der Waals surface area contributed by atoms with Gasteiger partial charge in [0, 0.05) is 30.8 Å². The van der Waals surface area contributed by atoms with E-state index in [1.807, 2.05) is 0 Å². The molecule has 5 nitrogen and oxygen atoms in total.